The van der Waals surface area contributed by atoms with Gasteiger partial charge in [0.25, 0.3) is 5.91 Å². The molecule has 0 aliphatic carbocycles. The average Bonchev–Trinajstić information content (AvgIpc) is 2.94. The molecule has 2 fully saturated rings. The fourth-order valence-electron chi connectivity index (χ4n) is 3.10. The summed E-state index contributed by atoms with van der Waals surface area (Å²) in [5.41, 5.74) is 0.553. The van der Waals surface area contributed by atoms with Crippen LogP contribution < -0.4 is 16.0 Å². The summed E-state index contributed by atoms with van der Waals surface area (Å²) in [4.78, 5) is 15.9. The van der Waals surface area contributed by atoms with Crippen LogP contribution in [0.1, 0.15) is 23.2 Å². The monoisotopic (exact) mass is 392 g/mol. The summed E-state index contributed by atoms with van der Waals surface area (Å²) in [6.07, 6.45) is 4.30. The number of ether oxygens (including phenoxy) is 1. The number of aliphatic hydroxyl groups excluding tert-OH is 1. The summed E-state index contributed by atoms with van der Waals surface area (Å²) >= 11 is 0. The Balaban J connectivity index is 0.00000156. The lowest BCUT2D eigenvalue weighted by molar-refractivity contribution is 0.0394. The standard InChI is InChI=1S/C16H24N4O3.2ClH/c21-15-13(20-12-3-7-18-8-4-12)10-23-14(15)9-19-16(22)11-1-5-17-6-2-11;;/h1-2,5-6,12-15,18,20-21H,3-4,7-10H2,(H,19,22);2*1H/t13-,14-,15+;;/m1../s1. The van der Waals surface area contributed by atoms with E-state index in [0.29, 0.717) is 24.8 Å². The lowest BCUT2D eigenvalue weighted by Gasteiger charge is -2.28. The normalized spacial score (nSPS) is 26.4. The van der Waals surface area contributed by atoms with Gasteiger partial charge >= 0.3 is 0 Å². The highest BCUT2D eigenvalue weighted by Gasteiger charge is 2.37. The van der Waals surface area contributed by atoms with Gasteiger partial charge in [0.05, 0.1) is 18.8 Å². The van der Waals surface area contributed by atoms with Gasteiger partial charge < -0.3 is 25.8 Å². The van der Waals surface area contributed by atoms with Crippen molar-refractivity contribution in [3.8, 4) is 0 Å². The Kier molecular flexibility index (Phi) is 9.63. The van der Waals surface area contributed by atoms with Gasteiger partial charge in [-0.1, -0.05) is 0 Å². The van der Waals surface area contributed by atoms with Crippen LogP contribution in [-0.4, -0.2) is 66.5 Å². The number of rotatable bonds is 5. The van der Waals surface area contributed by atoms with Gasteiger partial charge in [-0.3, -0.25) is 9.78 Å². The smallest absolute Gasteiger partial charge is 0.251 e. The number of nitrogens with zero attached hydrogens (tertiary/aromatic N) is 1. The molecule has 0 saturated carbocycles. The van der Waals surface area contributed by atoms with Crippen molar-refractivity contribution in [1.82, 2.24) is 20.9 Å². The second-order valence-corrected chi connectivity index (χ2v) is 6.11. The number of hydrogen-bond donors (Lipinski definition) is 4. The molecule has 0 radical (unpaired) electrons. The van der Waals surface area contributed by atoms with E-state index in [1.165, 1.54) is 0 Å². The van der Waals surface area contributed by atoms with E-state index in [2.05, 4.69) is 20.9 Å². The molecular weight excluding hydrogens is 367 g/mol. The van der Waals surface area contributed by atoms with Crippen molar-refractivity contribution in [2.24, 2.45) is 0 Å². The summed E-state index contributed by atoms with van der Waals surface area (Å²) in [6, 6.07) is 3.66. The van der Waals surface area contributed by atoms with Gasteiger partial charge in [0.2, 0.25) is 0 Å². The molecule has 9 heteroatoms. The van der Waals surface area contributed by atoms with E-state index in [4.69, 9.17) is 4.74 Å². The van der Waals surface area contributed by atoms with Crippen LogP contribution in [0, 0.1) is 0 Å². The third-order valence-electron chi connectivity index (χ3n) is 4.48. The summed E-state index contributed by atoms with van der Waals surface area (Å²) in [5.74, 6) is -0.182. The quantitative estimate of drug-likeness (QED) is 0.568. The Morgan fingerprint density at radius 2 is 1.96 bits per heavy atom. The molecule has 0 spiro atoms. The highest BCUT2D eigenvalue weighted by molar-refractivity contribution is 5.93. The summed E-state index contributed by atoms with van der Waals surface area (Å²) in [5, 5.41) is 20.0. The lowest BCUT2D eigenvalue weighted by Crippen LogP contribution is -2.50. The molecule has 1 aromatic rings. The zero-order valence-electron chi connectivity index (χ0n) is 13.9. The van der Waals surface area contributed by atoms with E-state index in [0.717, 1.165) is 25.9 Å². The largest absolute Gasteiger partial charge is 0.389 e. The number of hydrogen-bond acceptors (Lipinski definition) is 6. The van der Waals surface area contributed by atoms with Gasteiger partial charge in [0, 0.05) is 30.5 Å². The molecule has 25 heavy (non-hydrogen) atoms. The molecule has 3 rings (SSSR count). The number of amides is 1. The van der Waals surface area contributed by atoms with Gasteiger partial charge in [-0.2, -0.15) is 0 Å². The number of carbonyl (C=O) groups excluding carboxylic acids is 1. The number of pyridine rings is 1. The summed E-state index contributed by atoms with van der Waals surface area (Å²) in [7, 11) is 0. The van der Waals surface area contributed by atoms with Crippen molar-refractivity contribution in [1.29, 1.82) is 0 Å². The van der Waals surface area contributed by atoms with E-state index >= 15 is 0 Å². The zero-order valence-corrected chi connectivity index (χ0v) is 15.5. The van der Waals surface area contributed by atoms with Gasteiger partial charge in [0.1, 0.15) is 6.10 Å². The predicted octanol–water partition coefficient (Wildman–Crippen LogP) is 0.125. The predicted molar refractivity (Wildman–Crippen MR) is 99.6 cm³/mol. The number of piperidine rings is 1. The first-order valence-corrected chi connectivity index (χ1v) is 8.18. The number of aromatic nitrogens is 1. The Labute approximate surface area is 160 Å². The number of carbonyl (C=O) groups is 1. The third-order valence-corrected chi connectivity index (χ3v) is 4.48. The van der Waals surface area contributed by atoms with Crippen LogP contribution in [0.25, 0.3) is 0 Å². The fourth-order valence-corrected chi connectivity index (χ4v) is 3.10. The third kappa shape index (κ3) is 6.06. The van der Waals surface area contributed by atoms with Crippen LogP contribution in [-0.2, 0) is 4.74 Å². The van der Waals surface area contributed by atoms with Gasteiger partial charge in [-0.15, -0.1) is 24.8 Å². The molecule has 1 aromatic heterocycles. The number of aliphatic hydroxyl groups is 1. The molecule has 142 valence electrons. The first-order valence-electron chi connectivity index (χ1n) is 8.18. The zero-order chi connectivity index (χ0) is 16.1. The van der Waals surface area contributed by atoms with Crippen LogP contribution in [0.2, 0.25) is 0 Å². The minimum atomic E-state index is -0.609. The highest BCUT2D eigenvalue weighted by atomic mass is 35.5. The second kappa shape index (κ2) is 10.9. The summed E-state index contributed by atoms with van der Waals surface area (Å²) in [6.45, 7) is 2.78. The molecule has 2 saturated heterocycles. The van der Waals surface area contributed by atoms with Crippen molar-refractivity contribution in [2.75, 3.05) is 26.2 Å². The molecule has 3 atom stereocenters. The maximum Gasteiger partial charge on any atom is 0.251 e. The Morgan fingerprint density at radius 3 is 2.64 bits per heavy atom. The molecule has 0 aromatic carbocycles. The SMILES string of the molecule is Cl.Cl.O=C(NC[C@H]1OC[C@@H](NC2CCNCC2)[C@@H]1O)c1ccncc1. The van der Waals surface area contributed by atoms with Gasteiger partial charge in [-0.25, -0.2) is 0 Å². The molecule has 2 aliphatic rings. The molecular formula is C16H26Cl2N4O3. The molecule has 1 amide bonds. The van der Waals surface area contributed by atoms with Crippen LogP contribution in [0.3, 0.4) is 0 Å². The van der Waals surface area contributed by atoms with E-state index in [1.54, 1.807) is 24.5 Å². The van der Waals surface area contributed by atoms with E-state index in [9.17, 15) is 9.90 Å². The number of halogens is 2. The fraction of sp³-hybridized carbons (Fsp3) is 0.625. The van der Waals surface area contributed by atoms with Crippen molar-refractivity contribution < 1.29 is 14.6 Å². The van der Waals surface area contributed by atoms with Crippen molar-refractivity contribution in [2.45, 2.75) is 37.1 Å². The Morgan fingerprint density at radius 1 is 1.28 bits per heavy atom. The molecule has 4 N–H and O–H groups in total. The second-order valence-electron chi connectivity index (χ2n) is 6.11. The average molecular weight is 393 g/mol. The van der Waals surface area contributed by atoms with E-state index in [-0.39, 0.29) is 42.9 Å². The molecule has 7 nitrogen and oxygen atoms in total. The van der Waals surface area contributed by atoms with Gasteiger partial charge in [0.15, 0.2) is 0 Å². The van der Waals surface area contributed by atoms with E-state index < -0.39 is 6.10 Å². The van der Waals surface area contributed by atoms with Crippen molar-refractivity contribution in [3.05, 3.63) is 30.1 Å². The minimum absolute atomic E-state index is 0. The molecule has 0 bridgehead atoms. The van der Waals surface area contributed by atoms with Crippen molar-refractivity contribution in [3.63, 3.8) is 0 Å². The summed E-state index contributed by atoms with van der Waals surface area (Å²) < 4.78 is 5.65. The maximum atomic E-state index is 12.0. The van der Waals surface area contributed by atoms with Crippen LogP contribution in [0.4, 0.5) is 0 Å². The first-order chi connectivity index (χ1) is 11.2. The Bertz CT molecular complexity index is 517. The van der Waals surface area contributed by atoms with Gasteiger partial charge in [-0.05, 0) is 38.1 Å². The first kappa shape index (κ1) is 22.1. The van der Waals surface area contributed by atoms with Crippen molar-refractivity contribution >= 4 is 30.7 Å². The lowest BCUT2D eigenvalue weighted by atomic mass is 10.0. The molecule has 0 unspecified atom stereocenters. The molecule has 3 heterocycles. The molecule has 2 aliphatic heterocycles. The maximum absolute atomic E-state index is 12.0. The van der Waals surface area contributed by atoms with Crippen LogP contribution in [0.15, 0.2) is 24.5 Å². The van der Waals surface area contributed by atoms with Crippen LogP contribution >= 0.6 is 24.8 Å². The minimum Gasteiger partial charge on any atom is -0.389 e. The topological polar surface area (TPSA) is 95.5 Å². The number of nitrogens with one attached hydrogen (secondary N) is 3. The van der Waals surface area contributed by atoms with Crippen LogP contribution in [0.5, 0.6) is 0 Å². The Hall–Kier alpha value is -0.960. The highest BCUT2D eigenvalue weighted by Crippen LogP contribution is 2.16. The van der Waals surface area contributed by atoms with E-state index in [1.807, 2.05) is 0 Å².